The highest BCUT2D eigenvalue weighted by atomic mass is 32.1. The van der Waals surface area contributed by atoms with Gasteiger partial charge in [0, 0.05) is 26.5 Å². The Kier molecular flexibility index (Phi) is 6.39. The third kappa shape index (κ3) is 4.62. The number of rotatable bonds is 5. The molecule has 0 fully saturated rings. The molecule has 49 heavy (non-hydrogen) atoms. The largest absolute Gasteiger partial charge is 0.456 e. The summed E-state index contributed by atoms with van der Waals surface area (Å²) >= 11 is 1.85. The highest BCUT2D eigenvalue weighted by molar-refractivity contribution is 7.26. The maximum absolute atomic E-state index is 6.37. The summed E-state index contributed by atoms with van der Waals surface area (Å²) in [6.45, 7) is 0. The van der Waals surface area contributed by atoms with Crippen LogP contribution in [0.2, 0.25) is 0 Å². The smallest absolute Gasteiger partial charge is 0.137 e. The molecule has 0 unspecified atom stereocenters. The molecule has 0 saturated heterocycles. The first kappa shape index (κ1) is 27.9. The molecule has 0 radical (unpaired) electrons. The van der Waals surface area contributed by atoms with Crippen molar-refractivity contribution >= 4 is 81.3 Å². The second-order valence-electron chi connectivity index (χ2n) is 12.5. The molecule has 2 heterocycles. The van der Waals surface area contributed by atoms with Crippen LogP contribution >= 0.6 is 11.3 Å². The van der Waals surface area contributed by atoms with Crippen molar-refractivity contribution < 1.29 is 4.42 Å². The Morgan fingerprint density at radius 3 is 1.80 bits per heavy atom. The van der Waals surface area contributed by atoms with Crippen LogP contribution in [0.4, 0.5) is 17.1 Å². The van der Waals surface area contributed by atoms with Gasteiger partial charge in [-0.05, 0) is 87.6 Å². The molecular weight excluding hydrogens is 615 g/mol. The van der Waals surface area contributed by atoms with Gasteiger partial charge in [0.15, 0.2) is 0 Å². The van der Waals surface area contributed by atoms with Gasteiger partial charge in [0.2, 0.25) is 0 Å². The molecule has 0 atom stereocenters. The van der Waals surface area contributed by atoms with E-state index in [2.05, 4.69) is 175 Å². The van der Waals surface area contributed by atoms with Crippen LogP contribution in [0.15, 0.2) is 180 Å². The third-order valence-electron chi connectivity index (χ3n) is 9.65. The van der Waals surface area contributed by atoms with E-state index in [1.54, 1.807) is 0 Å². The molecule has 2 aromatic heterocycles. The highest BCUT2D eigenvalue weighted by Crippen LogP contribution is 2.48. The number of hydrogen-bond acceptors (Lipinski definition) is 3. The minimum absolute atomic E-state index is 0.885. The van der Waals surface area contributed by atoms with Gasteiger partial charge in [-0.2, -0.15) is 0 Å². The summed E-state index contributed by atoms with van der Waals surface area (Å²) in [5.41, 5.74) is 9.99. The number of furan rings is 1. The molecule has 0 spiro atoms. The number of anilines is 3. The van der Waals surface area contributed by atoms with Gasteiger partial charge >= 0.3 is 0 Å². The van der Waals surface area contributed by atoms with Gasteiger partial charge in [0.05, 0.1) is 21.5 Å². The standard InChI is InChI=1S/C46H29NOS/c1-2-10-30(11-3-1)32-20-22-35-29-33(21-23-34(35)28-32)31-24-26-36(27-25-31)47(40-15-9-18-43-45(40)39-13-4-6-17-42(39)48-43)41-16-8-14-38-37-12-5-7-19-44(37)49-46(38)41/h1-29H. The number of fused-ring (bicyclic) bond motifs is 7. The third-order valence-corrected chi connectivity index (χ3v) is 10.9. The molecule has 8 aromatic carbocycles. The quantitative estimate of drug-likeness (QED) is 0.186. The molecule has 0 amide bonds. The van der Waals surface area contributed by atoms with Gasteiger partial charge < -0.3 is 9.32 Å². The van der Waals surface area contributed by atoms with Crippen LogP contribution in [0.25, 0.3) is 75.1 Å². The zero-order chi connectivity index (χ0) is 32.3. The second kappa shape index (κ2) is 11.2. The summed E-state index contributed by atoms with van der Waals surface area (Å²) in [5, 5.41) is 7.27. The van der Waals surface area contributed by atoms with Crippen molar-refractivity contribution in [3.63, 3.8) is 0 Å². The molecule has 230 valence electrons. The minimum atomic E-state index is 0.885. The Balaban J connectivity index is 1.12. The summed E-state index contributed by atoms with van der Waals surface area (Å²) in [6, 6.07) is 63.2. The molecule has 0 aliphatic carbocycles. The van der Waals surface area contributed by atoms with Crippen LogP contribution < -0.4 is 4.90 Å². The molecule has 3 heteroatoms. The topological polar surface area (TPSA) is 16.4 Å². The van der Waals surface area contributed by atoms with Crippen molar-refractivity contribution in [2.75, 3.05) is 4.90 Å². The zero-order valence-corrected chi connectivity index (χ0v) is 27.3. The first-order chi connectivity index (χ1) is 24.3. The van der Waals surface area contributed by atoms with E-state index in [4.69, 9.17) is 4.42 Å². The van der Waals surface area contributed by atoms with Crippen molar-refractivity contribution in [1.29, 1.82) is 0 Å². The van der Waals surface area contributed by atoms with Crippen molar-refractivity contribution in [3.05, 3.63) is 176 Å². The van der Waals surface area contributed by atoms with Crippen LogP contribution in [0, 0.1) is 0 Å². The molecule has 0 aliphatic heterocycles. The van der Waals surface area contributed by atoms with Gasteiger partial charge in [0.25, 0.3) is 0 Å². The van der Waals surface area contributed by atoms with Crippen molar-refractivity contribution in [2.24, 2.45) is 0 Å². The maximum atomic E-state index is 6.37. The maximum Gasteiger partial charge on any atom is 0.137 e. The fourth-order valence-electron chi connectivity index (χ4n) is 7.30. The summed E-state index contributed by atoms with van der Waals surface area (Å²) < 4.78 is 8.93. The first-order valence-electron chi connectivity index (χ1n) is 16.6. The van der Waals surface area contributed by atoms with E-state index in [1.807, 2.05) is 17.4 Å². The summed E-state index contributed by atoms with van der Waals surface area (Å²) in [7, 11) is 0. The fraction of sp³-hybridized carbons (Fsp3) is 0. The summed E-state index contributed by atoms with van der Waals surface area (Å²) in [6.07, 6.45) is 0. The lowest BCUT2D eigenvalue weighted by Gasteiger charge is -2.27. The second-order valence-corrected chi connectivity index (χ2v) is 13.6. The average Bonchev–Trinajstić information content (AvgIpc) is 3.75. The van der Waals surface area contributed by atoms with Crippen molar-refractivity contribution in [3.8, 4) is 22.3 Å². The predicted molar refractivity (Wildman–Crippen MR) is 210 cm³/mol. The van der Waals surface area contributed by atoms with E-state index in [9.17, 15) is 0 Å². The fourth-order valence-corrected chi connectivity index (χ4v) is 8.50. The number of benzene rings is 8. The van der Waals surface area contributed by atoms with E-state index >= 15 is 0 Å². The van der Waals surface area contributed by atoms with Crippen LogP contribution in [0.3, 0.4) is 0 Å². The first-order valence-corrected chi connectivity index (χ1v) is 17.4. The molecule has 0 N–H and O–H groups in total. The molecule has 10 rings (SSSR count). The number of hydrogen-bond donors (Lipinski definition) is 0. The van der Waals surface area contributed by atoms with Crippen LogP contribution in [0.5, 0.6) is 0 Å². The lowest BCUT2D eigenvalue weighted by atomic mass is 9.97. The zero-order valence-electron chi connectivity index (χ0n) is 26.5. The lowest BCUT2D eigenvalue weighted by Crippen LogP contribution is -2.10. The Labute approximate surface area is 287 Å². The van der Waals surface area contributed by atoms with Crippen LogP contribution in [0.1, 0.15) is 0 Å². The van der Waals surface area contributed by atoms with Crippen molar-refractivity contribution in [2.45, 2.75) is 0 Å². The average molecular weight is 644 g/mol. The van der Waals surface area contributed by atoms with Crippen LogP contribution in [-0.4, -0.2) is 0 Å². The molecule has 0 saturated carbocycles. The normalized spacial score (nSPS) is 11.7. The molecule has 10 aromatic rings. The Bertz CT molecular complexity index is 2830. The molecule has 0 bridgehead atoms. The SMILES string of the molecule is c1ccc(-c2ccc3cc(-c4ccc(N(c5cccc6c5sc5ccccc56)c5cccc6oc7ccccc7c56)cc4)ccc3c2)cc1. The summed E-state index contributed by atoms with van der Waals surface area (Å²) in [4.78, 5) is 2.41. The van der Waals surface area contributed by atoms with Gasteiger partial charge in [-0.15, -0.1) is 11.3 Å². The minimum Gasteiger partial charge on any atom is -0.456 e. The number of para-hydroxylation sites is 1. The van der Waals surface area contributed by atoms with Gasteiger partial charge in [0.1, 0.15) is 11.2 Å². The van der Waals surface area contributed by atoms with Gasteiger partial charge in [-0.3, -0.25) is 0 Å². The van der Waals surface area contributed by atoms with Crippen molar-refractivity contribution in [1.82, 2.24) is 0 Å². The number of thiophene rings is 1. The monoisotopic (exact) mass is 643 g/mol. The lowest BCUT2D eigenvalue weighted by molar-refractivity contribution is 0.669. The summed E-state index contributed by atoms with van der Waals surface area (Å²) in [5.74, 6) is 0. The number of nitrogens with zero attached hydrogens (tertiary/aromatic N) is 1. The Morgan fingerprint density at radius 2 is 1.00 bits per heavy atom. The Hall–Kier alpha value is -6.16. The van der Waals surface area contributed by atoms with E-state index < -0.39 is 0 Å². The van der Waals surface area contributed by atoms with E-state index in [0.29, 0.717) is 0 Å². The van der Waals surface area contributed by atoms with E-state index in [0.717, 1.165) is 39.0 Å². The molecular formula is C46H29NOS. The molecule has 0 aliphatic rings. The highest BCUT2D eigenvalue weighted by Gasteiger charge is 2.22. The van der Waals surface area contributed by atoms with E-state index in [-0.39, 0.29) is 0 Å². The predicted octanol–water partition coefficient (Wildman–Crippen LogP) is 13.9. The van der Waals surface area contributed by atoms with Gasteiger partial charge in [-0.1, -0.05) is 121 Å². The van der Waals surface area contributed by atoms with Crippen LogP contribution in [-0.2, 0) is 0 Å². The van der Waals surface area contributed by atoms with Gasteiger partial charge in [-0.25, -0.2) is 0 Å². The Morgan fingerprint density at radius 1 is 0.408 bits per heavy atom. The van der Waals surface area contributed by atoms with E-state index in [1.165, 1.54) is 53.2 Å². The molecule has 2 nitrogen and oxygen atoms in total.